The van der Waals surface area contributed by atoms with Crippen LogP contribution in [0.1, 0.15) is 44.0 Å². The van der Waals surface area contributed by atoms with Crippen LogP contribution in [0.4, 0.5) is 0 Å². The SMILES string of the molecule is CCC(CC)c1nc2ccc(C)cc2[nH]1. The maximum atomic E-state index is 4.64. The molecule has 80 valence electrons. The van der Waals surface area contributed by atoms with Gasteiger partial charge in [0.05, 0.1) is 11.0 Å². The van der Waals surface area contributed by atoms with Crippen LogP contribution in [0.5, 0.6) is 0 Å². The molecule has 2 heteroatoms. The average Bonchev–Trinajstić information content (AvgIpc) is 2.62. The normalized spacial score (nSPS) is 11.5. The summed E-state index contributed by atoms with van der Waals surface area (Å²) < 4.78 is 0. The fourth-order valence-electron chi connectivity index (χ4n) is 2.01. The second-order valence-corrected chi connectivity index (χ2v) is 4.16. The van der Waals surface area contributed by atoms with Crippen molar-refractivity contribution < 1.29 is 0 Å². The highest BCUT2D eigenvalue weighted by atomic mass is 14.9. The predicted octanol–water partition coefficient (Wildman–Crippen LogP) is 3.77. The molecule has 0 bridgehead atoms. The zero-order valence-corrected chi connectivity index (χ0v) is 9.67. The molecular weight excluding hydrogens is 184 g/mol. The summed E-state index contributed by atoms with van der Waals surface area (Å²) in [6.07, 6.45) is 2.30. The molecule has 0 amide bonds. The van der Waals surface area contributed by atoms with E-state index < -0.39 is 0 Å². The first-order valence-corrected chi connectivity index (χ1v) is 5.70. The van der Waals surface area contributed by atoms with E-state index in [1.165, 1.54) is 5.56 Å². The van der Waals surface area contributed by atoms with Gasteiger partial charge in [-0.25, -0.2) is 4.98 Å². The Kier molecular flexibility index (Phi) is 2.76. The Morgan fingerprint density at radius 3 is 2.67 bits per heavy atom. The van der Waals surface area contributed by atoms with Crippen molar-refractivity contribution in [2.45, 2.75) is 39.5 Å². The molecule has 15 heavy (non-hydrogen) atoms. The summed E-state index contributed by atoms with van der Waals surface area (Å²) in [6.45, 7) is 6.54. The molecule has 1 heterocycles. The third-order valence-corrected chi connectivity index (χ3v) is 3.03. The quantitative estimate of drug-likeness (QED) is 0.806. The van der Waals surface area contributed by atoms with Crippen LogP contribution >= 0.6 is 0 Å². The van der Waals surface area contributed by atoms with Gasteiger partial charge in [0, 0.05) is 5.92 Å². The number of hydrogen-bond acceptors (Lipinski definition) is 1. The summed E-state index contributed by atoms with van der Waals surface area (Å²) in [5.41, 5.74) is 3.53. The number of imidazole rings is 1. The van der Waals surface area contributed by atoms with Crippen molar-refractivity contribution in [1.82, 2.24) is 9.97 Å². The number of benzene rings is 1. The highest BCUT2D eigenvalue weighted by molar-refractivity contribution is 5.75. The number of fused-ring (bicyclic) bond motifs is 1. The van der Waals surface area contributed by atoms with Crippen molar-refractivity contribution in [3.05, 3.63) is 29.6 Å². The summed E-state index contributed by atoms with van der Waals surface area (Å²) in [4.78, 5) is 8.07. The van der Waals surface area contributed by atoms with Gasteiger partial charge in [0.1, 0.15) is 5.82 Å². The highest BCUT2D eigenvalue weighted by Gasteiger charge is 2.11. The van der Waals surface area contributed by atoms with Crippen molar-refractivity contribution in [1.29, 1.82) is 0 Å². The number of hydrogen-bond donors (Lipinski definition) is 1. The van der Waals surface area contributed by atoms with Gasteiger partial charge in [-0.05, 0) is 37.5 Å². The van der Waals surface area contributed by atoms with E-state index in [2.05, 4.69) is 48.9 Å². The van der Waals surface area contributed by atoms with E-state index in [0.717, 1.165) is 29.7 Å². The number of aromatic amines is 1. The lowest BCUT2D eigenvalue weighted by Crippen LogP contribution is -1.97. The van der Waals surface area contributed by atoms with E-state index in [1.54, 1.807) is 0 Å². The van der Waals surface area contributed by atoms with E-state index in [4.69, 9.17) is 0 Å². The number of H-pyrrole nitrogens is 1. The Labute approximate surface area is 90.7 Å². The summed E-state index contributed by atoms with van der Waals surface area (Å²) in [6, 6.07) is 6.36. The fourth-order valence-corrected chi connectivity index (χ4v) is 2.01. The van der Waals surface area contributed by atoms with Gasteiger partial charge in [0.25, 0.3) is 0 Å². The van der Waals surface area contributed by atoms with Gasteiger partial charge in [-0.1, -0.05) is 19.9 Å². The monoisotopic (exact) mass is 202 g/mol. The predicted molar refractivity (Wildman–Crippen MR) is 64.2 cm³/mol. The molecular formula is C13H18N2. The molecule has 0 saturated heterocycles. The van der Waals surface area contributed by atoms with Gasteiger partial charge < -0.3 is 4.98 Å². The lowest BCUT2D eigenvalue weighted by molar-refractivity contribution is 0.611. The first-order valence-electron chi connectivity index (χ1n) is 5.70. The van der Waals surface area contributed by atoms with Crippen molar-refractivity contribution in [3.63, 3.8) is 0 Å². The largest absolute Gasteiger partial charge is 0.342 e. The average molecular weight is 202 g/mol. The second-order valence-electron chi connectivity index (χ2n) is 4.16. The van der Waals surface area contributed by atoms with Crippen molar-refractivity contribution >= 4 is 11.0 Å². The Morgan fingerprint density at radius 2 is 2.00 bits per heavy atom. The van der Waals surface area contributed by atoms with Crippen molar-refractivity contribution in [2.75, 3.05) is 0 Å². The first kappa shape index (κ1) is 10.2. The Bertz CT molecular complexity index is 453. The fraction of sp³-hybridized carbons (Fsp3) is 0.462. The second kappa shape index (κ2) is 4.05. The molecule has 1 aromatic heterocycles. The maximum Gasteiger partial charge on any atom is 0.110 e. The summed E-state index contributed by atoms with van der Waals surface area (Å²) in [5, 5.41) is 0. The van der Waals surface area contributed by atoms with Crippen molar-refractivity contribution in [3.8, 4) is 0 Å². The van der Waals surface area contributed by atoms with Gasteiger partial charge in [0.2, 0.25) is 0 Å². The Balaban J connectivity index is 2.46. The molecule has 0 atom stereocenters. The number of aryl methyl sites for hydroxylation is 1. The van der Waals surface area contributed by atoms with E-state index in [9.17, 15) is 0 Å². The lowest BCUT2D eigenvalue weighted by Gasteiger charge is -2.07. The summed E-state index contributed by atoms with van der Waals surface area (Å²) in [5.74, 6) is 1.71. The summed E-state index contributed by atoms with van der Waals surface area (Å²) in [7, 11) is 0. The van der Waals surface area contributed by atoms with Crippen LogP contribution in [0, 0.1) is 6.92 Å². The molecule has 0 aliphatic rings. The van der Waals surface area contributed by atoms with Crippen LogP contribution in [0.2, 0.25) is 0 Å². The third-order valence-electron chi connectivity index (χ3n) is 3.03. The van der Waals surface area contributed by atoms with Gasteiger partial charge in [-0.2, -0.15) is 0 Å². The Morgan fingerprint density at radius 1 is 1.27 bits per heavy atom. The molecule has 2 rings (SSSR count). The van der Waals surface area contributed by atoms with Crippen LogP contribution in [-0.2, 0) is 0 Å². The van der Waals surface area contributed by atoms with Crippen molar-refractivity contribution in [2.24, 2.45) is 0 Å². The standard InChI is InChI=1S/C13H18N2/c1-4-10(5-2)13-14-11-7-6-9(3)8-12(11)15-13/h6-8,10H,4-5H2,1-3H3,(H,14,15). The van der Waals surface area contributed by atoms with Crippen LogP contribution in [-0.4, -0.2) is 9.97 Å². The molecule has 0 spiro atoms. The third kappa shape index (κ3) is 1.89. The number of nitrogens with zero attached hydrogens (tertiary/aromatic N) is 1. The summed E-state index contributed by atoms with van der Waals surface area (Å²) >= 11 is 0. The molecule has 0 fully saturated rings. The molecule has 0 unspecified atom stereocenters. The highest BCUT2D eigenvalue weighted by Crippen LogP contribution is 2.23. The zero-order valence-electron chi connectivity index (χ0n) is 9.67. The minimum atomic E-state index is 0.567. The first-order chi connectivity index (χ1) is 7.24. The molecule has 0 aliphatic carbocycles. The number of nitrogens with one attached hydrogen (secondary N) is 1. The number of aromatic nitrogens is 2. The zero-order chi connectivity index (χ0) is 10.8. The minimum absolute atomic E-state index is 0.567. The molecule has 1 N–H and O–H groups in total. The maximum absolute atomic E-state index is 4.64. The van der Waals surface area contributed by atoms with E-state index in [0.29, 0.717) is 5.92 Å². The van der Waals surface area contributed by atoms with Gasteiger partial charge in [-0.3, -0.25) is 0 Å². The molecule has 0 saturated carbocycles. The van der Waals surface area contributed by atoms with Gasteiger partial charge in [0.15, 0.2) is 0 Å². The lowest BCUT2D eigenvalue weighted by atomic mass is 10.0. The number of rotatable bonds is 3. The van der Waals surface area contributed by atoms with E-state index in [-0.39, 0.29) is 0 Å². The minimum Gasteiger partial charge on any atom is -0.342 e. The van der Waals surface area contributed by atoms with Crippen LogP contribution < -0.4 is 0 Å². The Hall–Kier alpha value is -1.31. The van der Waals surface area contributed by atoms with Gasteiger partial charge >= 0.3 is 0 Å². The topological polar surface area (TPSA) is 28.7 Å². The van der Waals surface area contributed by atoms with Gasteiger partial charge in [-0.15, -0.1) is 0 Å². The van der Waals surface area contributed by atoms with Crippen LogP contribution in [0.3, 0.4) is 0 Å². The molecule has 0 aliphatic heterocycles. The molecule has 1 aromatic carbocycles. The van der Waals surface area contributed by atoms with E-state index in [1.807, 2.05) is 0 Å². The van der Waals surface area contributed by atoms with E-state index >= 15 is 0 Å². The molecule has 2 nitrogen and oxygen atoms in total. The van der Waals surface area contributed by atoms with Crippen LogP contribution in [0.15, 0.2) is 18.2 Å². The molecule has 2 aromatic rings. The smallest absolute Gasteiger partial charge is 0.110 e. The van der Waals surface area contributed by atoms with Crippen LogP contribution in [0.25, 0.3) is 11.0 Å². The molecule has 0 radical (unpaired) electrons.